The Labute approximate surface area is 224 Å². The first-order chi connectivity index (χ1) is 17.7. The van der Waals surface area contributed by atoms with Crippen LogP contribution < -0.4 is 10.6 Å². The number of carbonyl (C=O) groups excluding carboxylic acids is 3. The molecule has 0 radical (unpaired) electrons. The minimum Gasteiger partial charge on any atom is -0.480 e. The fraction of sp³-hybridized carbons (Fsp3) is 0.385. The van der Waals surface area contributed by atoms with Crippen LogP contribution in [0.3, 0.4) is 0 Å². The van der Waals surface area contributed by atoms with Gasteiger partial charge in [-0.25, -0.2) is 9.59 Å². The van der Waals surface area contributed by atoms with Crippen molar-refractivity contribution in [1.29, 1.82) is 0 Å². The standard InChI is InChI=1S/C26H28Cl2N4O5/c1-31(13-15-5-3-2-4-6-15)26(37)29-12-20(25(35)36)30-23(33)21-19(27)11-18-17(22(21)28)9-10-32(24(18)34)14-16-7-8-16/h2-6,11,16,20H,7-10,12-14H2,1H3,(H,29,37)(H,30,33)(H,35,36)/t20-/m0/s1. The van der Waals surface area contributed by atoms with Crippen molar-refractivity contribution in [2.24, 2.45) is 5.92 Å². The zero-order valence-electron chi connectivity index (χ0n) is 20.3. The van der Waals surface area contributed by atoms with Crippen LogP contribution in [0.25, 0.3) is 0 Å². The number of nitrogens with one attached hydrogen (secondary N) is 2. The number of rotatable bonds is 9. The molecule has 2 aliphatic rings. The van der Waals surface area contributed by atoms with E-state index >= 15 is 0 Å². The highest BCUT2D eigenvalue weighted by molar-refractivity contribution is 6.41. The second-order valence-electron chi connectivity index (χ2n) is 9.41. The van der Waals surface area contributed by atoms with E-state index in [1.54, 1.807) is 11.9 Å². The average molecular weight is 547 g/mol. The van der Waals surface area contributed by atoms with E-state index in [0.29, 0.717) is 43.1 Å². The monoisotopic (exact) mass is 546 g/mol. The summed E-state index contributed by atoms with van der Waals surface area (Å²) < 4.78 is 0. The molecule has 37 heavy (non-hydrogen) atoms. The summed E-state index contributed by atoms with van der Waals surface area (Å²) in [6.07, 6.45) is 2.70. The van der Waals surface area contributed by atoms with Crippen LogP contribution in [0.2, 0.25) is 10.0 Å². The van der Waals surface area contributed by atoms with Crippen molar-refractivity contribution in [3.05, 3.63) is 68.7 Å². The van der Waals surface area contributed by atoms with Crippen molar-refractivity contribution in [3.63, 3.8) is 0 Å². The first-order valence-corrected chi connectivity index (χ1v) is 12.8. The maximum atomic E-state index is 13.0. The molecule has 4 amide bonds. The molecule has 0 bridgehead atoms. The van der Waals surface area contributed by atoms with Crippen LogP contribution in [0.5, 0.6) is 0 Å². The lowest BCUT2D eigenvalue weighted by Crippen LogP contribution is -2.50. The lowest BCUT2D eigenvalue weighted by Gasteiger charge is -2.30. The summed E-state index contributed by atoms with van der Waals surface area (Å²) in [6, 6.07) is 8.82. The number of fused-ring (bicyclic) bond motifs is 1. The Morgan fingerprint density at radius 2 is 1.89 bits per heavy atom. The van der Waals surface area contributed by atoms with Crippen LogP contribution in [0, 0.1) is 5.92 Å². The molecule has 0 unspecified atom stereocenters. The van der Waals surface area contributed by atoms with Crippen molar-refractivity contribution in [3.8, 4) is 0 Å². The van der Waals surface area contributed by atoms with E-state index in [9.17, 15) is 24.3 Å². The predicted molar refractivity (Wildman–Crippen MR) is 139 cm³/mol. The Morgan fingerprint density at radius 1 is 1.19 bits per heavy atom. The molecule has 1 aliphatic heterocycles. The van der Waals surface area contributed by atoms with Crippen molar-refractivity contribution in [2.45, 2.75) is 31.8 Å². The van der Waals surface area contributed by atoms with Gasteiger partial charge in [0.25, 0.3) is 11.8 Å². The van der Waals surface area contributed by atoms with Gasteiger partial charge in [0, 0.05) is 32.2 Å². The third-order valence-corrected chi connectivity index (χ3v) is 7.26. The van der Waals surface area contributed by atoms with Gasteiger partial charge in [0.2, 0.25) is 0 Å². The second-order valence-corrected chi connectivity index (χ2v) is 10.2. The Bertz CT molecular complexity index is 1220. The van der Waals surface area contributed by atoms with Crippen molar-refractivity contribution in [1.82, 2.24) is 20.4 Å². The van der Waals surface area contributed by atoms with E-state index < -0.39 is 23.9 Å². The number of hydrogen-bond acceptors (Lipinski definition) is 4. The van der Waals surface area contributed by atoms with Gasteiger partial charge in [0.1, 0.15) is 6.04 Å². The topological polar surface area (TPSA) is 119 Å². The van der Waals surface area contributed by atoms with Gasteiger partial charge < -0.3 is 25.5 Å². The molecule has 1 heterocycles. The molecule has 1 fully saturated rings. The second kappa shape index (κ2) is 11.4. The number of urea groups is 1. The molecule has 0 saturated heterocycles. The number of halogens is 2. The molecule has 1 atom stereocenters. The zero-order valence-corrected chi connectivity index (χ0v) is 21.8. The Hall–Kier alpha value is -3.30. The third kappa shape index (κ3) is 6.34. The lowest BCUT2D eigenvalue weighted by molar-refractivity contribution is -0.139. The lowest BCUT2D eigenvalue weighted by atomic mass is 9.95. The Morgan fingerprint density at radius 3 is 2.54 bits per heavy atom. The van der Waals surface area contributed by atoms with E-state index in [1.807, 2.05) is 30.3 Å². The van der Waals surface area contributed by atoms with Gasteiger partial charge in [-0.15, -0.1) is 0 Å². The van der Waals surface area contributed by atoms with E-state index in [2.05, 4.69) is 10.6 Å². The largest absolute Gasteiger partial charge is 0.480 e. The molecule has 9 nitrogen and oxygen atoms in total. The molecule has 0 aromatic heterocycles. The van der Waals surface area contributed by atoms with E-state index in [1.165, 1.54) is 11.0 Å². The van der Waals surface area contributed by atoms with Crippen molar-refractivity contribution < 1.29 is 24.3 Å². The zero-order chi connectivity index (χ0) is 26.7. The van der Waals surface area contributed by atoms with Gasteiger partial charge >= 0.3 is 12.0 Å². The summed E-state index contributed by atoms with van der Waals surface area (Å²) in [5.74, 6) is -1.77. The number of amides is 4. The van der Waals surface area contributed by atoms with Gasteiger partial charge in [-0.2, -0.15) is 0 Å². The van der Waals surface area contributed by atoms with Gasteiger partial charge in [-0.3, -0.25) is 9.59 Å². The molecule has 2 aromatic rings. The van der Waals surface area contributed by atoms with Crippen LogP contribution in [-0.2, 0) is 17.8 Å². The minimum absolute atomic E-state index is 0.0372. The summed E-state index contributed by atoms with van der Waals surface area (Å²) in [6.45, 7) is 1.16. The van der Waals surface area contributed by atoms with Crippen LogP contribution in [0.4, 0.5) is 4.79 Å². The number of aliphatic carboxylic acids is 1. The van der Waals surface area contributed by atoms with Gasteiger partial charge in [0.15, 0.2) is 0 Å². The summed E-state index contributed by atoms with van der Waals surface area (Å²) in [7, 11) is 1.58. The molecule has 1 saturated carbocycles. The van der Waals surface area contributed by atoms with Crippen LogP contribution in [0.15, 0.2) is 36.4 Å². The molecule has 11 heteroatoms. The van der Waals surface area contributed by atoms with E-state index in [4.69, 9.17) is 23.2 Å². The fourth-order valence-electron chi connectivity index (χ4n) is 4.29. The Balaban J connectivity index is 1.42. The first kappa shape index (κ1) is 26.8. The number of carbonyl (C=O) groups is 4. The molecule has 196 valence electrons. The van der Waals surface area contributed by atoms with Crippen LogP contribution in [0.1, 0.15) is 44.7 Å². The highest BCUT2D eigenvalue weighted by atomic mass is 35.5. The summed E-state index contributed by atoms with van der Waals surface area (Å²) in [4.78, 5) is 53.4. The SMILES string of the molecule is CN(Cc1ccccc1)C(=O)NC[C@H](NC(=O)c1c(Cl)cc2c(c1Cl)CCN(CC1CC1)C2=O)C(=O)O. The minimum atomic E-state index is -1.43. The summed E-state index contributed by atoms with van der Waals surface area (Å²) >= 11 is 12.9. The molecular formula is C26H28Cl2N4O5. The number of carboxylic acid groups (broad SMARTS) is 1. The van der Waals surface area contributed by atoms with Gasteiger partial charge in [0.05, 0.1) is 22.2 Å². The number of hydrogen-bond donors (Lipinski definition) is 3. The number of benzene rings is 2. The van der Waals surface area contributed by atoms with Crippen LogP contribution in [-0.4, -0.2) is 71.4 Å². The molecule has 4 rings (SSSR count). The van der Waals surface area contributed by atoms with E-state index in [-0.39, 0.29) is 28.1 Å². The smallest absolute Gasteiger partial charge is 0.328 e. The molecule has 1 aliphatic carbocycles. The summed E-state index contributed by atoms with van der Waals surface area (Å²) in [5, 5.41) is 14.5. The van der Waals surface area contributed by atoms with Crippen LogP contribution >= 0.6 is 23.2 Å². The first-order valence-electron chi connectivity index (χ1n) is 12.0. The number of carboxylic acids is 1. The highest BCUT2D eigenvalue weighted by Gasteiger charge is 2.34. The van der Waals surface area contributed by atoms with Crippen molar-refractivity contribution >= 4 is 47.0 Å². The van der Waals surface area contributed by atoms with Crippen molar-refractivity contribution in [2.75, 3.05) is 26.7 Å². The predicted octanol–water partition coefficient (Wildman–Crippen LogP) is 3.43. The maximum Gasteiger partial charge on any atom is 0.328 e. The molecule has 3 N–H and O–H groups in total. The molecule has 2 aromatic carbocycles. The van der Waals surface area contributed by atoms with Gasteiger partial charge in [-0.05, 0) is 42.4 Å². The maximum absolute atomic E-state index is 13.0. The average Bonchev–Trinajstić information content (AvgIpc) is 3.68. The fourth-order valence-corrected chi connectivity index (χ4v) is 5.01. The molecular weight excluding hydrogens is 519 g/mol. The molecule has 0 spiro atoms. The third-order valence-electron chi connectivity index (χ3n) is 6.54. The van der Waals surface area contributed by atoms with E-state index in [0.717, 1.165) is 18.4 Å². The normalized spacial score (nSPS) is 15.5. The summed E-state index contributed by atoms with van der Waals surface area (Å²) in [5.41, 5.74) is 1.70. The quantitative estimate of drug-likeness (QED) is 0.445. The Kier molecular flexibility index (Phi) is 8.24. The highest BCUT2D eigenvalue weighted by Crippen LogP contribution is 2.36. The van der Waals surface area contributed by atoms with Gasteiger partial charge in [-0.1, -0.05) is 53.5 Å². The number of nitrogens with zero attached hydrogens (tertiary/aromatic N) is 2.